The third-order valence-corrected chi connectivity index (χ3v) is 4.29. The summed E-state index contributed by atoms with van der Waals surface area (Å²) in [6.07, 6.45) is 0. The Kier molecular flexibility index (Phi) is 5.19. The lowest BCUT2D eigenvalue weighted by Crippen LogP contribution is -2.10. The Morgan fingerprint density at radius 1 is 1.00 bits per heavy atom. The van der Waals surface area contributed by atoms with Gasteiger partial charge in [0.25, 0.3) is 0 Å². The second kappa shape index (κ2) is 7.53. The van der Waals surface area contributed by atoms with Gasteiger partial charge in [0.2, 0.25) is 5.76 Å². The Morgan fingerprint density at radius 2 is 1.72 bits per heavy atom. The molecule has 6 heteroatoms. The number of para-hydroxylation sites is 1. The van der Waals surface area contributed by atoms with Gasteiger partial charge in [-0.15, -0.1) is 0 Å². The molecule has 0 unspecified atom stereocenters. The molecule has 25 heavy (non-hydrogen) atoms. The Hall–Kier alpha value is -2.60. The van der Waals surface area contributed by atoms with Crippen molar-refractivity contribution < 1.29 is 23.5 Å². The highest BCUT2D eigenvalue weighted by atomic mass is 79.9. The number of furan rings is 1. The normalized spacial score (nSPS) is 10.6. The summed E-state index contributed by atoms with van der Waals surface area (Å²) in [5.41, 5.74) is 1.44. The number of halogens is 1. The number of ether oxygens (including phenoxy) is 2. The summed E-state index contributed by atoms with van der Waals surface area (Å²) in [5.74, 6) is -1.01. The number of carbonyl (C=O) groups is 2. The summed E-state index contributed by atoms with van der Waals surface area (Å²) in [7, 11) is 0. The lowest BCUT2D eigenvalue weighted by molar-refractivity contribution is 0.0434. The zero-order valence-corrected chi connectivity index (χ0v) is 15.0. The van der Waals surface area contributed by atoms with Crippen molar-refractivity contribution in [3.05, 3.63) is 69.9 Å². The third-order valence-electron chi connectivity index (χ3n) is 3.60. The Morgan fingerprint density at radius 3 is 2.48 bits per heavy atom. The van der Waals surface area contributed by atoms with E-state index >= 15 is 0 Å². The Labute approximate surface area is 152 Å². The summed E-state index contributed by atoms with van der Waals surface area (Å²) >= 11 is 3.32. The van der Waals surface area contributed by atoms with Crippen molar-refractivity contribution in [3.63, 3.8) is 0 Å². The van der Waals surface area contributed by atoms with Gasteiger partial charge in [-0.1, -0.05) is 30.3 Å². The molecule has 0 aliphatic rings. The fourth-order valence-electron chi connectivity index (χ4n) is 2.45. The number of fused-ring (bicyclic) bond motifs is 1. The summed E-state index contributed by atoms with van der Waals surface area (Å²) in [4.78, 5) is 24.4. The zero-order valence-electron chi connectivity index (χ0n) is 13.5. The Bertz CT molecular complexity index is 928. The molecule has 128 valence electrons. The van der Waals surface area contributed by atoms with Gasteiger partial charge in [-0.25, -0.2) is 9.59 Å². The van der Waals surface area contributed by atoms with Gasteiger partial charge in [0.1, 0.15) is 12.2 Å². The minimum absolute atomic E-state index is 0.0583. The van der Waals surface area contributed by atoms with Crippen LogP contribution in [0.3, 0.4) is 0 Å². The van der Waals surface area contributed by atoms with Gasteiger partial charge in [0.05, 0.1) is 17.7 Å². The molecule has 3 rings (SSSR count). The second-order valence-corrected chi connectivity index (χ2v) is 6.04. The second-order valence-electron chi connectivity index (χ2n) is 5.18. The Balaban J connectivity index is 1.90. The molecule has 0 amide bonds. The van der Waals surface area contributed by atoms with E-state index in [0.29, 0.717) is 26.6 Å². The molecule has 1 aromatic heterocycles. The van der Waals surface area contributed by atoms with Crippen LogP contribution < -0.4 is 0 Å². The molecular formula is C19H15BrO5. The van der Waals surface area contributed by atoms with Crippen LogP contribution in [0.4, 0.5) is 0 Å². The summed E-state index contributed by atoms with van der Waals surface area (Å²) in [6.45, 7) is 1.85. The third kappa shape index (κ3) is 3.58. The first-order valence-electron chi connectivity index (χ1n) is 7.71. The largest absolute Gasteiger partial charge is 0.460 e. The van der Waals surface area contributed by atoms with Crippen LogP contribution in [0.15, 0.2) is 57.4 Å². The molecule has 0 bridgehead atoms. The van der Waals surface area contributed by atoms with Gasteiger partial charge < -0.3 is 13.9 Å². The molecule has 0 fully saturated rings. The van der Waals surface area contributed by atoms with Crippen LogP contribution in [-0.2, 0) is 16.1 Å². The lowest BCUT2D eigenvalue weighted by atomic mass is 10.1. The highest BCUT2D eigenvalue weighted by molar-refractivity contribution is 9.10. The maximum atomic E-state index is 12.3. The van der Waals surface area contributed by atoms with E-state index in [1.54, 1.807) is 37.3 Å². The molecule has 0 aliphatic heterocycles. The number of benzene rings is 2. The van der Waals surface area contributed by atoms with Crippen LogP contribution in [-0.4, -0.2) is 18.5 Å². The number of hydrogen-bond acceptors (Lipinski definition) is 5. The predicted molar refractivity (Wildman–Crippen MR) is 95.4 cm³/mol. The molecule has 0 saturated heterocycles. The van der Waals surface area contributed by atoms with Gasteiger partial charge in [0, 0.05) is 9.86 Å². The maximum Gasteiger partial charge on any atom is 0.374 e. The van der Waals surface area contributed by atoms with Crippen LogP contribution in [0.5, 0.6) is 0 Å². The first-order chi connectivity index (χ1) is 12.1. The molecule has 0 spiro atoms. The van der Waals surface area contributed by atoms with E-state index in [1.807, 2.05) is 18.2 Å². The van der Waals surface area contributed by atoms with Gasteiger partial charge >= 0.3 is 11.9 Å². The average Bonchev–Trinajstić information content (AvgIpc) is 2.99. The SMILES string of the molecule is CCOC(=O)c1oc2ccccc2c1COC(=O)c1ccccc1Br. The van der Waals surface area contributed by atoms with Crippen molar-refractivity contribution in [2.24, 2.45) is 0 Å². The van der Waals surface area contributed by atoms with Gasteiger partial charge in [-0.3, -0.25) is 0 Å². The van der Waals surface area contributed by atoms with E-state index < -0.39 is 11.9 Å². The average molecular weight is 403 g/mol. The first kappa shape index (κ1) is 17.2. The fourth-order valence-corrected chi connectivity index (χ4v) is 2.89. The monoisotopic (exact) mass is 402 g/mol. The number of esters is 2. The van der Waals surface area contributed by atoms with Crippen molar-refractivity contribution in [2.75, 3.05) is 6.61 Å². The quantitative estimate of drug-likeness (QED) is 0.577. The van der Waals surface area contributed by atoms with E-state index in [1.165, 1.54) is 0 Å². The van der Waals surface area contributed by atoms with Crippen LogP contribution >= 0.6 is 15.9 Å². The molecule has 0 N–H and O–H groups in total. The minimum Gasteiger partial charge on any atom is -0.460 e. The molecule has 1 heterocycles. The van der Waals surface area contributed by atoms with Crippen LogP contribution in [0.2, 0.25) is 0 Å². The van der Waals surface area contributed by atoms with Crippen molar-refractivity contribution in [1.29, 1.82) is 0 Å². The molecule has 5 nitrogen and oxygen atoms in total. The smallest absolute Gasteiger partial charge is 0.374 e. The molecule has 0 radical (unpaired) electrons. The predicted octanol–water partition coefficient (Wildman–Crippen LogP) is 4.73. The van der Waals surface area contributed by atoms with E-state index in [9.17, 15) is 9.59 Å². The topological polar surface area (TPSA) is 65.7 Å². The molecule has 2 aromatic carbocycles. The molecular weight excluding hydrogens is 388 g/mol. The van der Waals surface area contributed by atoms with Gasteiger partial charge in [0.15, 0.2) is 0 Å². The minimum atomic E-state index is -0.578. The van der Waals surface area contributed by atoms with E-state index in [0.717, 1.165) is 0 Å². The lowest BCUT2D eigenvalue weighted by Gasteiger charge is -2.07. The van der Waals surface area contributed by atoms with Crippen molar-refractivity contribution in [1.82, 2.24) is 0 Å². The molecule has 0 aliphatic carbocycles. The van der Waals surface area contributed by atoms with Crippen LogP contribution in [0, 0.1) is 0 Å². The first-order valence-corrected chi connectivity index (χ1v) is 8.50. The standard InChI is InChI=1S/C19H15BrO5/c1-2-23-19(22)17-14(12-7-4-6-10-16(12)25-17)11-24-18(21)13-8-3-5-9-15(13)20/h3-10H,2,11H2,1H3. The highest BCUT2D eigenvalue weighted by Crippen LogP contribution is 2.28. The summed E-state index contributed by atoms with van der Waals surface area (Å²) in [6, 6.07) is 14.2. The van der Waals surface area contributed by atoms with E-state index in [-0.39, 0.29) is 19.0 Å². The van der Waals surface area contributed by atoms with E-state index in [2.05, 4.69) is 15.9 Å². The summed E-state index contributed by atoms with van der Waals surface area (Å²) in [5, 5.41) is 0.713. The van der Waals surface area contributed by atoms with Crippen LogP contribution in [0.1, 0.15) is 33.4 Å². The van der Waals surface area contributed by atoms with Crippen molar-refractivity contribution >= 4 is 38.8 Å². The number of carbonyl (C=O) groups excluding carboxylic acids is 2. The van der Waals surface area contributed by atoms with Crippen LogP contribution in [0.25, 0.3) is 11.0 Å². The van der Waals surface area contributed by atoms with Crippen molar-refractivity contribution in [3.8, 4) is 0 Å². The number of hydrogen-bond donors (Lipinski definition) is 0. The van der Waals surface area contributed by atoms with E-state index in [4.69, 9.17) is 13.9 Å². The van der Waals surface area contributed by atoms with Gasteiger partial charge in [-0.05, 0) is 41.1 Å². The zero-order chi connectivity index (χ0) is 17.8. The highest BCUT2D eigenvalue weighted by Gasteiger charge is 2.23. The maximum absolute atomic E-state index is 12.3. The van der Waals surface area contributed by atoms with Crippen molar-refractivity contribution in [2.45, 2.75) is 13.5 Å². The molecule has 3 aromatic rings. The molecule has 0 atom stereocenters. The fraction of sp³-hybridized carbons (Fsp3) is 0.158. The van der Waals surface area contributed by atoms with Gasteiger partial charge in [-0.2, -0.15) is 0 Å². The summed E-state index contributed by atoms with van der Waals surface area (Å²) < 4.78 is 16.7. The molecule has 0 saturated carbocycles. The number of rotatable bonds is 5.